The van der Waals surface area contributed by atoms with Crippen molar-refractivity contribution in [3.8, 4) is 17.2 Å². The summed E-state index contributed by atoms with van der Waals surface area (Å²) in [4.78, 5) is 47.6. The average Bonchev–Trinajstić information content (AvgIpc) is 2.77. The summed E-state index contributed by atoms with van der Waals surface area (Å²) in [6.07, 6.45) is -1.29. The minimum absolute atomic E-state index is 0.0153. The first-order valence-corrected chi connectivity index (χ1v) is 9.30. The Bertz CT molecular complexity index is 969. The van der Waals surface area contributed by atoms with E-state index >= 15 is 0 Å². The van der Waals surface area contributed by atoms with Gasteiger partial charge >= 0.3 is 12.0 Å². The summed E-state index contributed by atoms with van der Waals surface area (Å²) < 4.78 is 20.8. The van der Waals surface area contributed by atoms with Gasteiger partial charge in [-0.05, 0) is 31.2 Å². The van der Waals surface area contributed by atoms with Gasteiger partial charge in [-0.1, -0.05) is 18.2 Å². The van der Waals surface area contributed by atoms with Crippen LogP contribution in [-0.2, 0) is 14.3 Å². The van der Waals surface area contributed by atoms with Crippen LogP contribution >= 0.6 is 0 Å². The average molecular weight is 445 g/mol. The molecule has 0 aliphatic heterocycles. The van der Waals surface area contributed by atoms with Crippen molar-refractivity contribution in [2.75, 3.05) is 26.1 Å². The summed E-state index contributed by atoms with van der Waals surface area (Å²) >= 11 is 0. The van der Waals surface area contributed by atoms with E-state index in [2.05, 4.69) is 10.6 Å². The first-order valence-electron chi connectivity index (χ1n) is 9.30. The van der Waals surface area contributed by atoms with Gasteiger partial charge in [-0.2, -0.15) is 0 Å². The zero-order valence-corrected chi connectivity index (χ0v) is 17.7. The smallest absolute Gasteiger partial charge is 0.339 e. The molecule has 1 atom stereocenters. The van der Waals surface area contributed by atoms with Crippen LogP contribution in [0.3, 0.4) is 0 Å². The van der Waals surface area contributed by atoms with E-state index in [0.717, 1.165) is 0 Å². The van der Waals surface area contributed by atoms with E-state index in [1.807, 2.05) is 0 Å². The molecule has 1 unspecified atom stereocenters. The number of para-hydroxylation sites is 1. The third-order valence-corrected chi connectivity index (χ3v) is 3.98. The lowest BCUT2D eigenvalue weighted by Crippen LogP contribution is -2.41. The lowest BCUT2D eigenvalue weighted by molar-refractivity contribution is -0.127. The van der Waals surface area contributed by atoms with Gasteiger partial charge in [-0.15, -0.1) is 0 Å². The predicted molar refractivity (Wildman–Crippen MR) is 113 cm³/mol. The molecule has 2 aromatic carbocycles. The van der Waals surface area contributed by atoms with E-state index in [4.69, 9.17) is 24.7 Å². The Hall–Kier alpha value is -4.28. The number of primary amides is 1. The third kappa shape index (κ3) is 6.62. The van der Waals surface area contributed by atoms with E-state index in [0.29, 0.717) is 5.69 Å². The molecular weight excluding hydrogens is 422 g/mol. The second-order valence-electron chi connectivity index (χ2n) is 6.32. The highest BCUT2D eigenvalue weighted by Crippen LogP contribution is 2.38. The van der Waals surface area contributed by atoms with Crippen molar-refractivity contribution in [1.29, 1.82) is 0 Å². The number of methoxy groups -OCH3 is 2. The molecule has 11 heteroatoms. The van der Waals surface area contributed by atoms with E-state index < -0.39 is 36.5 Å². The summed E-state index contributed by atoms with van der Waals surface area (Å²) in [6.45, 7) is 0.876. The maximum absolute atomic E-state index is 12.5. The zero-order chi connectivity index (χ0) is 23.7. The van der Waals surface area contributed by atoms with Crippen molar-refractivity contribution in [2.24, 2.45) is 5.73 Å². The second kappa shape index (κ2) is 11.2. The molecule has 4 amide bonds. The van der Waals surface area contributed by atoms with E-state index in [9.17, 15) is 19.2 Å². The molecule has 0 radical (unpaired) electrons. The Kier molecular flexibility index (Phi) is 8.40. The van der Waals surface area contributed by atoms with Crippen LogP contribution in [-0.4, -0.2) is 50.7 Å². The highest BCUT2D eigenvalue weighted by atomic mass is 16.6. The van der Waals surface area contributed by atoms with Crippen molar-refractivity contribution in [1.82, 2.24) is 5.32 Å². The number of rotatable bonds is 9. The Labute approximate surface area is 183 Å². The first kappa shape index (κ1) is 24.0. The lowest BCUT2D eigenvalue weighted by atomic mass is 10.2. The Morgan fingerprint density at radius 3 is 2.12 bits per heavy atom. The molecule has 0 aliphatic carbocycles. The molecule has 0 aliphatic rings. The summed E-state index contributed by atoms with van der Waals surface area (Å²) in [5, 5.41) is 4.56. The molecule has 0 fully saturated rings. The maximum atomic E-state index is 12.5. The maximum Gasteiger partial charge on any atom is 0.339 e. The van der Waals surface area contributed by atoms with Crippen molar-refractivity contribution in [3.05, 3.63) is 48.0 Å². The van der Waals surface area contributed by atoms with Crippen LogP contribution in [0.15, 0.2) is 42.5 Å². The summed E-state index contributed by atoms with van der Waals surface area (Å²) in [6, 6.07) is 10.3. The number of nitrogens with two attached hydrogens (primary N) is 1. The number of hydrogen-bond acceptors (Lipinski definition) is 8. The molecule has 2 rings (SSSR count). The quantitative estimate of drug-likeness (QED) is 0.490. The number of urea groups is 1. The molecule has 2 aromatic rings. The monoisotopic (exact) mass is 445 g/mol. The Morgan fingerprint density at radius 2 is 1.59 bits per heavy atom. The van der Waals surface area contributed by atoms with E-state index in [1.54, 1.807) is 30.3 Å². The third-order valence-electron chi connectivity index (χ3n) is 3.98. The molecule has 0 heterocycles. The van der Waals surface area contributed by atoms with Gasteiger partial charge in [0.1, 0.15) is 0 Å². The van der Waals surface area contributed by atoms with Gasteiger partial charge in [0.15, 0.2) is 24.2 Å². The van der Waals surface area contributed by atoms with Crippen molar-refractivity contribution in [2.45, 2.75) is 13.0 Å². The van der Waals surface area contributed by atoms with E-state index in [-0.39, 0.29) is 22.8 Å². The first-order chi connectivity index (χ1) is 15.2. The fraction of sp³-hybridized carbons (Fsp3) is 0.238. The van der Waals surface area contributed by atoms with Crippen LogP contribution in [0.5, 0.6) is 17.2 Å². The fourth-order valence-corrected chi connectivity index (χ4v) is 2.46. The van der Waals surface area contributed by atoms with Crippen molar-refractivity contribution < 1.29 is 38.1 Å². The molecule has 0 saturated carbocycles. The van der Waals surface area contributed by atoms with Gasteiger partial charge in [-0.25, -0.2) is 9.59 Å². The van der Waals surface area contributed by atoms with Crippen LogP contribution in [0.25, 0.3) is 0 Å². The molecule has 0 bridgehead atoms. The predicted octanol–water partition coefficient (Wildman–Crippen LogP) is 1.46. The molecule has 32 heavy (non-hydrogen) atoms. The van der Waals surface area contributed by atoms with Crippen LogP contribution in [0.4, 0.5) is 10.5 Å². The number of hydrogen-bond donors (Lipinski definition) is 3. The minimum Gasteiger partial charge on any atom is -0.493 e. The highest BCUT2D eigenvalue weighted by Gasteiger charge is 2.24. The zero-order valence-electron chi connectivity index (χ0n) is 17.7. The van der Waals surface area contributed by atoms with Gasteiger partial charge in [0.2, 0.25) is 5.75 Å². The van der Waals surface area contributed by atoms with Crippen molar-refractivity contribution in [3.63, 3.8) is 0 Å². The highest BCUT2D eigenvalue weighted by molar-refractivity contribution is 6.03. The van der Waals surface area contributed by atoms with Gasteiger partial charge in [0.25, 0.3) is 11.8 Å². The SMILES string of the molecule is COc1cc(C(=O)OC(C)C(=O)NC(=O)Nc2ccccc2)cc(OC)c1OCC(N)=O. The number of benzene rings is 2. The number of esters is 1. The number of amides is 4. The topological polar surface area (TPSA) is 155 Å². The van der Waals surface area contributed by atoms with Crippen LogP contribution in [0, 0.1) is 0 Å². The fourth-order valence-electron chi connectivity index (χ4n) is 2.46. The standard InChI is InChI=1S/C21H23N3O8/c1-12(19(26)24-21(28)23-14-7-5-4-6-8-14)32-20(27)13-9-15(29-2)18(16(10-13)30-3)31-11-17(22)25/h4-10,12H,11H2,1-3H3,(H2,22,25)(H2,23,24,26,28). The summed E-state index contributed by atoms with van der Waals surface area (Å²) in [7, 11) is 2.64. The van der Waals surface area contributed by atoms with Crippen molar-refractivity contribution >= 4 is 29.5 Å². The molecule has 0 spiro atoms. The molecule has 4 N–H and O–H groups in total. The second-order valence-corrected chi connectivity index (χ2v) is 6.32. The van der Waals surface area contributed by atoms with Crippen LogP contribution in [0.1, 0.15) is 17.3 Å². The largest absolute Gasteiger partial charge is 0.493 e. The molecular formula is C21H23N3O8. The van der Waals surface area contributed by atoms with Gasteiger partial charge in [0, 0.05) is 5.69 Å². The molecule has 170 valence electrons. The summed E-state index contributed by atoms with van der Waals surface area (Å²) in [5.74, 6) is -2.20. The normalized spacial score (nSPS) is 11.0. The van der Waals surface area contributed by atoms with Crippen LogP contribution < -0.4 is 30.6 Å². The minimum atomic E-state index is -1.29. The number of carbonyl (C=O) groups is 4. The Morgan fingerprint density at radius 1 is 1.00 bits per heavy atom. The number of imide groups is 1. The van der Waals surface area contributed by atoms with Crippen LogP contribution in [0.2, 0.25) is 0 Å². The number of ether oxygens (including phenoxy) is 4. The molecule has 0 saturated heterocycles. The van der Waals surface area contributed by atoms with Gasteiger partial charge < -0.3 is 30.0 Å². The number of carbonyl (C=O) groups excluding carboxylic acids is 4. The summed E-state index contributed by atoms with van der Waals surface area (Å²) in [5.41, 5.74) is 5.55. The number of nitrogens with one attached hydrogen (secondary N) is 2. The number of anilines is 1. The van der Waals surface area contributed by atoms with Gasteiger partial charge in [-0.3, -0.25) is 14.9 Å². The molecule has 0 aromatic heterocycles. The molecule has 11 nitrogen and oxygen atoms in total. The van der Waals surface area contributed by atoms with E-state index in [1.165, 1.54) is 33.3 Å². The Balaban J connectivity index is 2.06. The van der Waals surface area contributed by atoms with Gasteiger partial charge in [0.05, 0.1) is 19.8 Å². The lowest BCUT2D eigenvalue weighted by Gasteiger charge is -2.16.